The van der Waals surface area contributed by atoms with Crippen LogP contribution in [0.3, 0.4) is 0 Å². The van der Waals surface area contributed by atoms with E-state index in [4.69, 9.17) is 25.8 Å². The Kier molecular flexibility index (Phi) is 1.48. The predicted molar refractivity (Wildman–Crippen MR) is 81.3 cm³/mol. The lowest BCUT2D eigenvalue weighted by Crippen LogP contribution is -2.41. The topological polar surface area (TPSA) is 31.4 Å². The molecule has 0 saturated carbocycles. The van der Waals surface area contributed by atoms with E-state index in [1.165, 1.54) is 0 Å². The van der Waals surface area contributed by atoms with E-state index in [1.54, 1.807) is 27.7 Å². The summed E-state index contributed by atoms with van der Waals surface area (Å²) in [5, 5.41) is -0.683. The Bertz CT molecular complexity index is 812. The molecule has 106 valence electrons. The molecule has 1 aliphatic heterocycles. The molecular formula is C14H24BNO2S. The van der Waals surface area contributed by atoms with E-state index in [-0.39, 0.29) is 4.78 Å². The lowest BCUT2D eigenvalue weighted by Gasteiger charge is -2.32. The summed E-state index contributed by atoms with van der Waals surface area (Å²) in [7, 11) is -1.37. The van der Waals surface area contributed by atoms with Gasteiger partial charge in [-0.2, -0.15) is 0 Å². The zero-order valence-corrected chi connectivity index (χ0v) is 12.1. The number of aryl methyl sites for hydroxylation is 1. The molecule has 0 atom stereocenters. The summed E-state index contributed by atoms with van der Waals surface area (Å²) >= 11 is 0.435. The van der Waals surface area contributed by atoms with Gasteiger partial charge in [-0.25, -0.2) is 4.98 Å². The van der Waals surface area contributed by atoms with Gasteiger partial charge in [-0.05, 0) is 40.0 Å². The molecule has 0 aliphatic carbocycles. The van der Waals surface area contributed by atoms with Gasteiger partial charge in [-0.15, -0.1) is 11.3 Å². The molecule has 1 aromatic heterocycles. The lowest BCUT2D eigenvalue weighted by molar-refractivity contribution is 0.00578. The first-order valence-electron chi connectivity index (χ1n) is 11.8. The zero-order valence-electron chi connectivity index (χ0n) is 23.2. The lowest BCUT2D eigenvalue weighted by atomic mass is 9.84. The molecule has 3 nitrogen and oxygen atoms in total. The average molecular weight is 293 g/mol. The standard InChI is InChI=1S/C14H24BNO2S/c1-8-10-16-11(9(2)3)12(19-10)15-17-13(4,5)14(6,7)18-15/h9H,8H2,1-7H3/i1D3,2D3,3D3,8D2,9D. The number of rotatable bonds is 3. The Hall–Kier alpha value is -0.385. The molecule has 0 aromatic carbocycles. The van der Waals surface area contributed by atoms with Crippen LogP contribution in [0.25, 0.3) is 0 Å². The summed E-state index contributed by atoms with van der Waals surface area (Å²) in [5.74, 6) is -3.28. The van der Waals surface area contributed by atoms with Crippen LogP contribution >= 0.6 is 11.3 Å². The zero-order chi connectivity index (χ0) is 24.6. The number of aromatic nitrogens is 1. The van der Waals surface area contributed by atoms with Gasteiger partial charge < -0.3 is 9.31 Å². The van der Waals surface area contributed by atoms with Crippen molar-refractivity contribution in [3.05, 3.63) is 10.7 Å². The van der Waals surface area contributed by atoms with Gasteiger partial charge in [0.1, 0.15) is 0 Å². The maximum Gasteiger partial charge on any atom is 0.507 e. The van der Waals surface area contributed by atoms with Crippen LogP contribution in [0.15, 0.2) is 0 Å². The van der Waals surface area contributed by atoms with Crippen molar-refractivity contribution in [2.24, 2.45) is 0 Å². The van der Waals surface area contributed by atoms with E-state index in [2.05, 4.69) is 4.98 Å². The second kappa shape index (κ2) is 4.87. The molecular weight excluding hydrogens is 257 g/mol. The minimum absolute atomic E-state index is 0.260. The highest BCUT2D eigenvalue weighted by Crippen LogP contribution is 2.37. The molecule has 0 N–H and O–H groups in total. The van der Waals surface area contributed by atoms with Crippen molar-refractivity contribution in [2.75, 3.05) is 0 Å². The second-order valence-electron chi connectivity index (χ2n) is 5.32. The highest BCUT2D eigenvalue weighted by Gasteiger charge is 2.53. The number of hydrogen-bond donors (Lipinski definition) is 0. The first-order chi connectivity index (χ1) is 13.4. The van der Waals surface area contributed by atoms with E-state index in [0.717, 1.165) is 0 Å². The van der Waals surface area contributed by atoms with Gasteiger partial charge in [0, 0.05) is 16.4 Å². The van der Waals surface area contributed by atoms with Crippen molar-refractivity contribution in [3.8, 4) is 0 Å². The fourth-order valence-electron chi connectivity index (χ4n) is 1.67. The summed E-state index contributed by atoms with van der Waals surface area (Å²) in [6.07, 6.45) is -3.03. The second-order valence-corrected chi connectivity index (χ2v) is 6.35. The van der Waals surface area contributed by atoms with E-state index < -0.39 is 61.8 Å². The van der Waals surface area contributed by atoms with E-state index in [1.807, 2.05) is 0 Å². The van der Waals surface area contributed by atoms with Crippen molar-refractivity contribution in [1.29, 1.82) is 0 Å². The SMILES string of the molecule is [2H]C([2H])([2H])C([2H])([2H])c1nc(C([2H])(C([2H])([2H])[2H])C([2H])([2H])[2H])c(B2OC(C)(C)C(C)(C)O2)s1. The molecule has 0 unspecified atom stereocenters. The summed E-state index contributed by atoms with van der Waals surface area (Å²) < 4.78 is 105. The Balaban J connectivity index is 2.85. The molecule has 1 saturated heterocycles. The van der Waals surface area contributed by atoms with Crippen LogP contribution in [0.5, 0.6) is 0 Å². The van der Waals surface area contributed by atoms with Gasteiger partial charge in [0.05, 0.1) is 26.7 Å². The van der Waals surface area contributed by atoms with Crippen molar-refractivity contribution < 1.29 is 25.8 Å². The van der Waals surface area contributed by atoms with E-state index in [9.17, 15) is 0 Å². The molecule has 19 heavy (non-hydrogen) atoms. The van der Waals surface area contributed by atoms with Gasteiger partial charge in [-0.3, -0.25) is 0 Å². The smallest absolute Gasteiger partial charge is 0.399 e. The quantitative estimate of drug-likeness (QED) is 0.802. The normalized spacial score (nSPS) is 34.0. The Morgan fingerprint density at radius 1 is 1.37 bits per heavy atom. The van der Waals surface area contributed by atoms with Crippen LogP contribution in [0.1, 0.15) is 81.3 Å². The Morgan fingerprint density at radius 2 is 2.00 bits per heavy atom. The average Bonchev–Trinajstić information content (AvgIpc) is 3.03. The molecule has 0 amide bonds. The van der Waals surface area contributed by atoms with E-state index in [0.29, 0.717) is 11.3 Å². The van der Waals surface area contributed by atoms with Crippen LogP contribution in [-0.2, 0) is 15.7 Å². The minimum Gasteiger partial charge on any atom is -0.399 e. The number of thiazole rings is 1. The molecule has 0 radical (unpaired) electrons. The fraction of sp³-hybridized carbons (Fsp3) is 0.786. The monoisotopic (exact) mass is 293 g/mol. The summed E-state index contributed by atoms with van der Waals surface area (Å²) in [4.78, 5) is 3.81. The van der Waals surface area contributed by atoms with Gasteiger partial charge in [-0.1, -0.05) is 20.6 Å². The van der Waals surface area contributed by atoms with Crippen LogP contribution in [0, 0.1) is 0 Å². The third-order valence-electron chi connectivity index (χ3n) is 3.46. The van der Waals surface area contributed by atoms with Gasteiger partial charge >= 0.3 is 7.12 Å². The van der Waals surface area contributed by atoms with Crippen molar-refractivity contribution in [1.82, 2.24) is 4.98 Å². The van der Waals surface area contributed by atoms with E-state index >= 15 is 0 Å². The Morgan fingerprint density at radius 3 is 2.53 bits per heavy atom. The predicted octanol–water partition coefficient (Wildman–Crippen LogP) is 3.13. The van der Waals surface area contributed by atoms with Gasteiger partial charge in [0.25, 0.3) is 0 Å². The molecule has 0 spiro atoms. The van der Waals surface area contributed by atoms with Crippen LogP contribution in [0.4, 0.5) is 0 Å². The van der Waals surface area contributed by atoms with Gasteiger partial charge in [0.2, 0.25) is 0 Å². The number of hydrogen-bond acceptors (Lipinski definition) is 4. The van der Waals surface area contributed by atoms with Crippen LogP contribution < -0.4 is 4.78 Å². The maximum atomic E-state index is 8.49. The fourth-order valence-corrected chi connectivity index (χ4v) is 2.51. The molecule has 5 heteroatoms. The molecule has 1 fully saturated rings. The molecule has 2 heterocycles. The summed E-state index contributed by atoms with van der Waals surface area (Å²) in [5.41, 5.74) is -2.65. The Labute approximate surface area is 137 Å². The number of nitrogens with zero attached hydrogens (tertiary/aromatic N) is 1. The third kappa shape index (κ3) is 2.60. The molecule has 1 aliphatic rings. The molecule has 0 bridgehead atoms. The first kappa shape index (κ1) is 5.78. The highest BCUT2D eigenvalue weighted by molar-refractivity contribution is 7.22. The highest BCUT2D eigenvalue weighted by atomic mass is 32.1. The summed E-state index contributed by atoms with van der Waals surface area (Å²) in [6.45, 7) is -3.23. The summed E-state index contributed by atoms with van der Waals surface area (Å²) in [6, 6.07) is 0. The van der Waals surface area contributed by atoms with Crippen molar-refractivity contribution in [3.63, 3.8) is 0 Å². The van der Waals surface area contributed by atoms with Crippen molar-refractivity contribution in [2.45, 2.75) is 71.7 Å². The van der Waals surface area contributed by atoms with Crippen LogP contribution in [0.2, 0.25) is 0 Å². The molecule has 1 aromatic rings. The van der Waals surface area contributed by atoms with Gasteiger partial charge in [0.15, 0.2) is 0 Å². The van der Waals surface area contributed by atoms with Crippen LogP contribution in [-0.4, -0.2) is 23.3 Å². The molecule has 2 rings (SSSR count). The van der Waals surface area contributed by atoms with Crippen molar-refractivity contribution >= 4 is 23.2 Å². The maximum absolute atomic E-state index is 8.49. The largest absolute Gasteiger partial charge is 0.507 e. The third-order valence-corrected chi connectivity index (χ3v) is 4.46. The minimum atomic E-state index is -3.41. The first-order valence-corrected chi connectivity index (χ1v) is 6.59.